The lowest BCUT2D eigenvalue weighted by Gasteiger charge is -2.10. The number of fused-ring (bicyclic) bond motifs is 2. The van der Waals surface area contributed by atoms with Crippen LogP contribution in [-0.4, -0.2) is 9.55 Å². The zero-order valence-corrected chi connectivity index (χ0v) is 13.4. The summed E-state index contributed by atoms with van der Waals surface area (Å²) in [5.74, 6) is 0.473. The summed E-state index contributed by atoms with van der Waals surface area (Å²) in [7, 11) is 0. The second-order valence-corrected chi connectivity index (χ2v) is 6.17. The van der Waals surface area contributed by atoms with Gasteiger partial charge in [0.05, 0.1) is 10.3 Å². The van der Waals surface area contributed by atoms with Crippen molar-refractivity contribution in [2.45, 2.75) is 6.54 Å². The molecule has 0 unspecified atom stereocenters. The van der Waals surface area contributed by atoms with Gasteiger partial charge in [0, 0.05) is 6.54 Å². The van der Waals surface area contributed by atoms with Gasteiger partial charge in [0.1, 0.15) is 5.58 Å². The number of para-hydroxylation sites is 1. The van der Waals surface area contributed by atoms with Crippen LogP contribution in [0, 0.1) is 0 Å². The van der Waals surface area contributed by atoms with Gasteiger partial charge in [0.25, 0.3) is 5.56 Å². The molecule has 5 nitrogen and oxygen atoms in total. The van der Waals surface area contributed by atoms with Gasteiger partial charge in [-0.05, 0) is 23.6 Å². The maximum Gasteiger partial charge on any atom is 0.269 e. The topological polar surface area (TPSA) is 65.1 Å². The number of aromatic nitrogens is 2. The molecule has 0 atom stereocenters. The number of hydrogen-bond acceptors (Lipinski definition) is 5. The van der Waals surface area contributed by atoms with E-state index in [1.165, 1.54) is 15.9 Å². The summed E-state index contributed by atoms with van der Waals surface area (Å²) in [6.45, 7) is 3.95. The van der Waals surface area contributed by atoms with Crippen molar-refractivity contribution >= 4 is 33.4 Å². The number of nitrogens with zero attached hydrogens (tertiary/aromatic N) is 2. The van der Waals surface area contributed by atoms with Crippen LogP contribution in [0.25, 0.3) is 32.8 Å². The summed E-state index contributed by atoms with van der Waals surface area (Å²) in [6, 6.07) is 10.6. The van der Waals surface area contributed by atoms with Crippen LogP contribution in [0.15, 0.2) is 68.4 Å². The molecule has 0 aliphatic carbocycles. The molecule has 118 valence electrons. The van der Waals surface area contributed by atoms with E-state index in [1.807, 2.05) is 17.5 Å². The smallest absolute Gasteiger partial charge is 0.269 e. The highest BCUT2D eigenvalue weighted by molar-refractivity contribution is 7.13. The third-order valence-corrected chi connectivity index (χ3v) is 4.62. The highest BCUT2D eigenvalue weighted by Gasteiger charge is 2.18. The molecule has 0 aliphatic heterocycles. The summed E-state index contributed by atoms with van der Waals surface area (Å²) in [6.07, 6.45) is 1.61. The van der Waals surface area contributed by atoms with Crippen LogP contribution in [0.1, 0.15) is 0 Å². The Morgan fingerprint density at radius 2 is 2.04 bits per heavy atom. The van der Waals surface area contributed by atoms with Crippen LogP contribution in [0.3, 0.4) is 0 Å². The average molecular weight is 336 g/mol. The van der Waals surface area contributed by atoms with Crippen LogP contribution in [0.4, 0.5) is 0 Å². The largest absolute Gasteiger partial charge is 0.437 e. The predicted molar refractivity (Wildman–Crippen MR) is 95.6 cm³/mol. The molecule has 0 fully saturated rings. The summed E-state index contributed by atoms with van der Waals surface area (Å²) in [5.41, 5.74) is -0.296. The lowest BCUT2D eigenvalue weighted by atomic mass is 10.2. The van der Waals surface area contributed by atoms with Gasteiger partial charge >= 0.3 is 0 Å². The maximum absolute atomic E-state index is 12.9. The Balaban J connectivity index is 2.20. The monoisotopic (exact) mass is 336 g/mol. The lowest BCUT2D eigenvalue weighted by Crippen LogP contribution is -2.27. The fraction of sp³-hybridized carbons (Fsp3) is 0.0556. The predicted octanol–water partition coefficient (Wildman–Crippen LogP) is 3.42. The van der Waals surface area contributed by atoms with E-state index < -0.39 is 5.56 Å². The molecule has 4 rings (SSSR count). The highest BCUT2D eigenvalue weighted by Crippen LogP contribution is 2.24. The van der Waals surface area contributed by atoms with E-state index in [-0.39, 0.29) is 23.1 Å². The number of benzene rings is 1. The van der Waals surface area contributed by atoms with Crippen molar-refractivity contribution in [1.29, 1.82) is 0 Å². The molecule has 0 amide bonds. The van der Waals surface area contributed by atoms with Crippen molar-refractivity contribution in [3.63, 3.8) is 0 Å². The van der Waals surface area contributed by atoms with E-state index in [1.54, 1.807) is 30.3 Å². The summed E-state index contributed by atoms with van der Waals surface area (Å²) >= 11 is 1.46. The van der Waals surface area contributed by atoms with Crippen molar-refractivity contribution in [3.8, 4) is 10.7 Å². The second-order valence-electron chi connectivity index (χ2n) is 5.22. The molecule has 4 aromatic rings. The van der Waals surface area contributed by atoms with Crippen LogP contribution in [0.5, 0.6) is 0 Å². The number of allylic oxidation sites excluding steroid dienone is 1. The first-order chi connectivity index (χ1) is 11.7. The standard InChI is InChI=1S/C18H12N2O3S/c1-2-9-20-16(13-8-5-10-24-13)19-17-14(18(20)22)15(21)11-6-3-4-7-12(11)23-17/h2-8,10H,1,9H2. The fourth-order valence-corrected chi connectivity index (χ4v) is 3.40. The molecule has 0 radical (unpaired) electrons. The van der Waals surface area contributed by atoms with Gasteiger partial charge in [-0.15, -0.1) is 17.9 Å². The Hall–Kier alpha value is -2.99. The van der Waals surface area contributed by atoms with Crippen LogP contribution in [-0.2, 0) is 6.54 Å². The zero-order chi connectivity index (χ0) is 16.7. The Morgan fingerprint density at radius 1 is 1.21 bits per heavy atom. The number of thiophene rings is 1. The zero-order valence-electron chi connectivity index (χ0n) is 12.6. The van der Waals surface area contributed by atoms with E-state index in [0.717, 1.165) is 4.88 Å². The second kappa shape index (κ2) is 5.58. The summed E-state index contributed by atoms with van der Waals surface area (Å²) < 4.78 is 7.19. The summed E-state index contributed by atoms with van der Waals surface area (Å²) in [5, 5.41) is 2.24. The number of rotatable bonds is 3. The van der Waals surface area contributed by atoms with E-state index in [2.05, 4.69) is 11.6 Å². The molecule has 0 saturated carbocycles. The van der Waals surface area contributed by atoms with Crippen molar-refractivity contribution in [2.24, 2.45) is 0 Å². The molecule has 3 heterocycles. The Bertz CT molecular complexity index is 1190. The molecule has 3 aromatic heterocycles. The first kappa shape index (κ1) is 14.6. The molecular formula is C18H12N2O3S. The van der Waals surface area contributed by atoms with Crippen molar-refractivity contribution in [2.75, 3.05) is 0 Å². The Morgan fingerprint density at radius 3 is 2.79 bits per heavy atom. The first-order valence-electron chi connectivity index (χ1n) is 7.32. The molecule has 0 bridgehead atoms. The van der Waals surface area contributed by atoms with Gasteiger partial charge in [-0.25, -0.2) is 0 Å². The minimum absolute atomic E-state index is 0.0316. The van der Waals surface area contributed by atoms with Crippen LogP contribution < -0.4 is 11.0 Å². The molecule has 0 aliphatic rings. The Kier molecular flexibility index (Phi) is 3.39. The average Bonchev–Trinajstić information content (AvgIpc) is 3.11. The highest BCUT2D eigenvalue weighted by atomic mass is 32.1. The molecule has 6 heteroatoms. The maximum atomic E-state index is 12.9. The van der Waals surface area contributed by atoms with E-state index in [4.69, 9.17) is 4.42 Å². The van der Waals surface area contributed by atoms with Crippen LogP contribution >= 0.6 is 11.3 Å². The lowest BCUT2D eigenvalue weighted by molar-refractivity contribution is 0.636. The van der Waals surface area contributed by atoms with Crippen LogP contribution in [0.2, 0.25) is 0 Å². The van der Waals surface area contributed by atoms with Crippen molar-refractivity contribution in [1.82, 2.24) is 9.55 Å². The molecular weight excluding hydrogens is 324 g/mol. The minimum Gasteiger partial charge on any atom is -0.437 e. The molecule has 0 saturated heterocycles. The Labute approximate surface area is 140 Å². The van der Waals surface area contributed by atoms with E-state index in [0.29, 0.717) is 16.8 Å². The van der Waals surface area contributed by atoms with Crippen molar-refractivity contribution < 1.29 is 4.42 Å². The normalized spacial score (nSPS) is 11.2. The molecule has 24 heavy (non-hydrogen) atoms. The van der Waals surface area contributed by atoms with E-state index >= 15 is 0 Å². The third kappa shape index (κ3) is 2.11. The molecule has 0 N–H and O–H groups in total. The first-order valence-corrected chi connectivity index (χ1v) is 8.20. The van der Waals surface area contributed by atoms with Gasteiger partial charge < -0.3 is 4.42 Å². The van der Waals surface area contributed by atoms with Gasteiger partial charge in [-0.3, -0.25) is 14.2 Å². The van der Waals surface area contributed by atoms with Gasteiger partial charge in [0.15, 0.2) is 11.2 Å². The quantitative estimate of drug-likeness (QED) is 0.425. The fourth-order valence-electron chi connectivity index (χ4n) is 2.68. The van der Waals surface area contributed by atoms with Gasteiger partial charge in [-0.1, -0.05) is 24.3 Å². The molecule has 0 spiro atoms. The number of hydrogen-bond donors (Lipinski definition) is 0. The van der Waals surface area contributed by atoms with Crippen molar-refractivity contribution in [3.05, 3.63) is 75.0 Å². The SMILES string of the molecule is C=CCn1c(-c2cccs2)nc2oc3ccccc3c(=O)c2c1=O. The van der Waals surface area contributed by atoms with E-state index in [9.17, 15) is 9.59 Å². The molecule has 1 aromatic carbocycles. The minimum atomic E-state index is -0.414. The summed E-state index contributed by atoms with van der Waals surface area (Å²) in [4.78, 5) is 30.9. The third-order valence-electron chi connectivity index (χ3n) is 3.75. The van der Waals surface area contributed by atoms with Gasteiger partial charge in [-0.2, -0.15) is 4.98 Å². The van der Waals surface area contributed by atoms with Gasteiger partial charge in [0.2, 0.25) is 11.1 Å².